The predicted molar refractivity (Wildman–Crippen MR) is 105 cm³/mol. The van der Waals surface area contributed by atoms with Crippen molar-refractivity contribution in [1.82, 2.24) is 4.90 Å². The molecule has 0 bridgehead atoms. The van der Waals surface area contributed by atoms with Crippen molar-refractivity contribution in [2.45, 2.75) is 25.3 Å². The Labute approximate surface area is 152 Å². The van der Waals surface area contributed by atoms with Crippen molar-refractivity contribution in [2.75, 3.05) is 38.7 Å². The molecule has 2 aromatic carbocycles. The zero-order valence-corrected chi connectivity index (χ0v) is 15.4. The molecule has 3 heteroatoms. The van der Waals surface area contributed by atoms with Gasteiger partial charge in [0, 0.05) is 32.4 Å². The van der Waals surface area contributed by atoms with E-state index < -0.39 is 0 Å². The molecule has 1 N–H and O–H groups in total. The van der Waals surface area contributed by atoms with Crippen LogP contribution in [0.1, 0.15) is 18.9 Å². The second-order valence-electron chi connectivity index (χ2n) is 7.27. The van der Waals surface area contributed by atoms with Crippen LogP contribution in [-0.2, 0) is 11.2 Å². The lowest BCUT2D eigenvalue weighted by atomic mass is 9.79. The summed E-state index contributed by atoms with van der Waals surface area (Å²) in [7, 11) is 1.81. The number of benzene rings is 2. The second-order valence-corrected chi connectivity index (χ2v) is 7.27. The van der Waals surface area contributed by atoms with Gasteiger partial charge >= 0.3 is 0 Å². The maximum Gasteiger partial charge on any atom is 0.0696 e. The fraction of sp³-hybridized carbons (Fsp3) is 0.455. The molecule has 0 aromatic heterocycles. The molecular weight excluding hydrogens is 308 g/mol. The zero-order valence-electron chi connectivity index (χ0n) is 15.4. The molecular formula is C22H30N2O. The van der Waals surface area contributed by atoms with Gasteiger partial charge in [-0.1, -0.05) is 55.5 Å². The van der Waals surface area contributed by atoms with Gasteiger partial charge in [-0.15, -0.1) is 0 Å². The monoisotopic (exact) mass is 338 g/mol. The highest BCUT2D eigenvalue weighted by Gasteiger charge is 2.40. The van der Waals surface area contributed by atoms with Crippen LogP contribution in [-0.4, -0.2) is 43.8 Å². The second kappa shape index (κ2) is 8.50. The molecule has 2 aromatic rings. The van der Waals surface area contributed by atoms with E-state index in [1.165, 1.54) is 11.3 Å². The Morgan fingerprint density at radius 2 is 1.76 bits per heavy atom. The molecule has 0 aliphatic carbocycles. The minimum atomic E-state index is 0.0132. The summed E-state index contributed by atoms with van der Waals surface area (Å²) in [6, 6.07) is 21.3. The van der Waals surface area contributed by atoms with Crippen LogP contribution < -0.4 is 5.32 Å². The maximum atomic E-state index is 5.61. The molecule has 3 nitrogen and oxygen atoms in total. The number of nitrogens with one attached hydrogen (secondary N) is 1. The summed E-state index contributed by atoms with van der Waals surface area (Å²) < 4.78 is 5.61. The van der Waals surface area contributed by atoms with Gasteiger partial charge in [0.2, 0.25) is 0 Å². The van der Waals surface area contributed by atoms with E-state index in [0.29, 0.717) is 5.92 Å². The average Bonchev–Trinajstić information content (AvgIpc) is 2.65. The lowest BCUT2D eigenvalue weighted by Crippen LogP contribution is -2.58. The van der Waals surface area contributed by atoms with Gasteiger partial charge in [0.15, 0.2) is 0 Å². The summed E-state index contributed by atoms with van der Waals surface area (Å²) in [6.45, 7) is 6.44. The lowest BCUT2D eigenvalue weighted by Gasteiger charge is -2.47. The Morgan fingerprint density at radius 1 is 1.08 bits per heavy atom. The number of para-hydroxylation sites is 1. The normalized spacial score (nSPS) is 24.2. The third kappa shape index (κ3) is 4.62. The van der Waals surface area contributed by atoms with Crippen LogP contribution in [0.5, 0.6) is 0 Å². The van der Waals surface area contributed by atoms with E-state index in [0.717, 1.165) is 39.1 Å². The molecule has 0 saturated carbocycles. The van der Waals surface area contributed by atoms with Crippen LogP contribution >= 0.6 is 0 Å². The summed E-state index contributed by atoms with van der Waals surface area (Å²) in [6.07, 6.45) is 2.22. The average molecular weight is 338 g/mol. The number of nitrogens with zero attached hydrogens (tertiary/aromatic N) is 1. The molecule has 2 atom stereocenters. The van der Waals surface area contributed by atoms with Crippen LogP contribution in [0.3, 0.4) is 0 Å². The van der Waals surface area contributed by atoms with Gasteiger partial charge in [-0.3, -0.25) is 0 Å². The van der Waals surface area contributed by atoms with Gasteiger partial charge in [-0.2, -0.15) is 0 Å². The third-order valence-corrected chi connectivity index (χ3v) is 5.48. The first-order valence-corrected chi connectivity index (χ1v) is 9.30. The van der Waals surface area contributed by atoms with Crippen molar-refractivity contribution in [2.24, 2.45) is 5.92 Å². The number of rotatable bonds is 7. The minimum Gasteiger partial charge on any atom is -0.382 e. The fourth-order valence-corrected chi connectivity index (χ4v) is 3.90. The van der Waals surface area contributed by atoms with Gasteiger partial charge in [0.25, 0.3) is 0 Å². The first-order chi connectivity index (χ1) is 12.2. The van der Waals surface area contributed by atoms with Gasteiger partial charge in [-0.25, -0.2) is 0 Å². The highest BCUT2D eigenvalue weighted by Crippen LogP contribution is 2.32. The van der Waals surface area contributed by atoms with Crippen molar-refractivity contribution in [1.29, 1.82) is 0 Å². The highest BCUT2D eigenvalue weighted by atomic mass is 16.5. The van der Waals surface area contributed by atoms with Gasteiger partial charge in [-0.05, 0) is 36.5 Å². The van der Waals surface area contributed by atoms with Crippen molar-refractivity contribution < 1.29 is 4.74 Å². The third-order valence-electron chi connectivity index (χ3n) is 5.48. The van der Waals surface area contributed by atoms with Gasteiger partial charge < -0.3 is 15.0 Å². The highest BCUT2D eigenvalue weighted by molar-refractivity contribution is 5.45. The Bertz CT molecular complexity index is 631. The summed E-state index contributed by atoms with van der Waals surface area (Å²) in [5.41, 5.74) is 2.62. The number of methoxy groups -OCH3 is 1. The number of piperidine rings is 1. The zero-order chi connectivity index (χ0) is 17.5. The molecule has 0 spiro atoms. The predicted octanol–water partition coefficient (Wildman–Crippen LogP) is 4.07. The molecule has 1 aliphatic rings. The first kappa shape index (κ1) is 18.0. The van der Waals surface area contributed by atoms with Gasteiger partial charge in [0.1, 0.15) is 0 Å². The number of hydrogen-bond acceptors (Lipinski definition) is 3. The molecule has 1 heterocycles. The molecule has 134 valence electrons. The smallest absolute Gasteiger partial charge is 0.0696 e. The lowest BCUT2D eigenvalue weighted by molar-refractivity contribution is 0.0510. The molecule has 0 amide bonds. The van der Waals surface area contributed by atoms with Crippen LogP contribution in [0.15, 0.2) is 60.7 Å². The topological polar surface area (TPSA) is 24.5 Å². The van der Waals surface area contributed by atoms with E-state index in [4.69, 9.17) is 4.74 Å². The summed E-state index contributed by atoms with van der Waals surface area (Å²) in [5, 5.41) is 3.79. The van der Waals surface area contributed by atoms with Crippen molar-refractivity contribution in [3.05, 3.63) is 66.2 Å². The van der Waals surface area contributed by atoms with Crippen LogP contribution in [0.2, 0.25) is 0 Å². The van der Waals surface area contributed by atoms with Crippen molar-refractivity contribution in [3.8, 4) is 0 Å². The Kier molecular flexibility index (Phi) is 6.11. The Morgan fingerprint density at radius 3 is 2.40 bits per heavy atom. The molecule has 1 aliphatic heterocycles. The van der Waals surface area contributed by atoms with Crippen molar-refractivity contribution in [3.63, 3.8) is 0 Å². The quantitative estimate of drug-likeness (QED) is 0.824. The van der Waals surface area contributed by atoms with Crippen LogP contribution in [0.25, 0.3) is 0 Å². The number of ether oxygens (including phenoxy) is 1. The molecule has 25 heavy (non-hydrogen) atoms. The van der Waals surface area contributed by atoms with E-state index in [1.54, 1.807) is 0 Å². The molecule has 1 fully saturated rings. The van der Waals surface area contributed by atoms with E-state index in [-0.39, 0.29) is 5.54 Å². The summed E-state index contributed by atoms with van der Waals surface area (Å²) >= 11 is 0. The van der Waals surface area contributed by atoms with Crippen LogP contribution in [0, 0.1) is 5.92 Å². The van der Waals surface area contributed by atoms with E-state index in [2.05, 4.69) is 77.8 Å². The standard InChI is InChI=1S/C22H30N2O/c1-19-17-24(15-13-20-9-5-3-6-10-20)16-14-22(19,18-25-2)23-21-11-7-4-8-12-21/h3-12,19,23H,13-18H2,1-2H3. The number of hydrogen-bond donors (Lipinski definition) is 1. The summed E-state index contributed by atoms with van der Waals surface area (Å²) in [4.78, 5) is 2.60. The van der Waals surface area contributed by atoms with Crippen molar-refractivity contribution >= 4 is 5.69 Å². The fourth-order valence-electron chi connectivity index (χ4n) is 3.90. The maximum absolute atomic E-state index is 5.61. The van der Waals surface area contributed by atoms with E-state index >= 15 is 0 Å². The van der Waals surface area contributed by atoms with Gasteiger partial charge in [0.05, 0.1) is 12.1 Å². The SMILES string of the molecule is COCC1(Nc2ccccc2)CCN(CCc2ccccc2)CC1C. The first-order valence-electron chi connectivity index (χ1n) is 9.30. The number of anilines is 1. The molecule has 1 saturated heterocycles. The molecule has 2 unspecified atom stereocenters. The largest absolute Gasteiger partial charge is 0.382 e. The number of likely N-dealkylation sites (tertiary alicyclic amines) is 1. The van der Waals surface area contributed by atoms with E-state index in [1.807, 2.05) is 7.11 Å². The Hall–Kier alpha value is -1.84. The van der Waals surface area contributed by atoms with E-state index in [9.17, 15) is 0 Å². The minimum absolute atomic E-state index is 0.0132. The Balaban J connectivity index is 1.61. The summed E-state index contributed by atoms with van der Waals surface area (Å²) in [5.74, 6) is 0.525. The molecule has 3 rings (SSSR count). The molecule has 0 radical (unpaired) electrons. The van der Waals surface area contributed by atoms with Crippen LogP contribution in [0.4, 0.5) is 5.69 Å².